The monoisotopic (exact) mass is 351 g/mol. The minimum absolute atomic E-state index is 0.0915. The summed E-state index contributed by atoms with van der Waals surface area (Å²) in [6.45, 7) is 5.14. The van der Waals surface area contributed by atoms with Gasteiger partial charge in [-0.15, -0.1) is 0 Å². The Morgan fingerprint density at radius 3 is 2.56 bits per heavy atom. The van der Waals surface area contributed by atoms with Crippen molar-refractivity contribution in [2.45, 2.75) is 70.4 Å². The van der Waals surface area contributed by atoms with Crippen LogP contribution in [0.3, 0.4) is 0 Å². The molecule has 0 unspecified atom stereocenters. The van der Waals surface area contributed by atoms with E-state index in [1.807, 2.05) is 0 Å². The summed E-state index contributed by atoms with van der Waals surface area (Å²) >= 11 is 0. The molecule has 0 radical (unpaired) electrons. The predicted octanol–water partition coefficient (Wildman–Crippen LogP) is 1.86. The highest BCUT2D eigenvalue weighted by molar-refractivity contribution is 6.07. The molecule has 7 nitrogen and oxygen atoms in total. The third-order valence-electron chi connectivity index (χ3n) is 5.67. The quantitative estimate of drug-likeness (QED) is 0.559. The topological polar surface area (TPSA) is 79.0 Å². The van der Waals surface area contributed by atoms with Crippen LogP contribution in [0.25, 0.3) is 0 Å². The minimum atomic E-state index is -0.694. The van der Waals surface area contributed by atoms with E-state index in [-0.39, 0.29) is 31.0 Å². The maximum atomic E-state index is 12.9. The molecule has 3 amide bonds. The lowest BCUT2D eigenvalue weighted by molar-refractivity contribution is -0.143. The van der Waals surface area contributed by atoms with Crippen LogP contribution >= 0.6 is 0 Å². The van der Waals surface area contributed by atoms with Crippen LogP contribution < -0.4 is 5.32 Å². The summed E-state index contributed by atoms with van der Waals surface area (Å²) < 4.78 is 4.98. The fraction of sp³-hybridized carbons (Fsp3) is 0.833. The summed E-state index contributed by atoms with van der Waals surface area (Å²) in [4.78, 5) is 40.4. The molecule has 1 spiro atoms. The highest BCUT2D eigenvalue weighted by Gasteiger charge is 2.52. The number of urea groups is 1. The zero-order chi connectivity index (χ0) is 18.0. The molecule has 1 N–H and O–H groups in total. The summed E-state index contributed by atoms with van der Waals surface area (Å²) in [5, 5.41) is 2.96. The minimum Gasteiger partial charge on any atom is -0.466 e. The number of rotatable bonds is 7. The zero-order valence-electron chi connectivity index (χ0n) is 15.3. The molecule has 0 bridgehead atoms. The van der Waals surface area contributed by atoms with Gasteiger partial charge in [-0.3, -0.25) is 14.5 Å². The van der Waals surface area contributed by atoms with Gasteiger partial charge in [0.05, 0.1) is 19.7 Å². The van der Waals surface area contributed by atoms with E-state index in [0.717, 1.165) is 38.5 Å². The molecular formula is C18H29N3O4. The van der Waals surface area contributed by atoms with Gasteiger partial charge >= 0.3 is 12.0 Å². The number of esters is 1. The normalized spacial score (nSPS) is 29.4. The Morgan fingerprint density at radius 2 is 1.96 bits per heavy atom. The van der Waals surface area contributed by atoms with Gasteiger partial charge in [0, 0.05) is 12.6 Å². The lowest BCUT2D eigenvalue weighted by Gasteiger charge is -2.34. The maximum Gasteiger partial charge on any atom is 0.326 e. The molecule has 1 aliphatic heterocycles. The number of carbonyl (C=O) groups is 3. The third kappa shape index (κ3) is 3.97. The molecular weight excluding hydrogens is 322 g/mol. The third-order valence-corrected chi connectivity index (χ3v) is 5.67. The van der Waals surface area contributed by atoms with E-state index in [1.165, 1.54) is 4.90 Å². The summed E-state index contributed by atoms with van der Waals surface area (Å²) in [6, 6.07) is 0.0688. The lowest BCUT2D eigenvalue weighted by Crippen LogP contribution is -2.50. The van der Waals surface area contributed by atoms with Gasteiger partial charge in [0.2, 0.25) is 0 Å². The van der Waals surface area contributed by atoms with Gasteiger partial charge < -0.3 is 10.1 Å². The number of ether oxygens (including phenoxy) is 1. The number of nitrogens with one attached hydrogen (secondary N) is 1. The first kappa shape index (κ1) is 18.2. The van der Waals surface area contributed by atoms with E-state index in [1.54, 1.807) is 6.92 Å². The summed E-state index contributed by atoms with van der Waals surface area (Å²) in [6.07, 6.45) is 5.77. The van der Waals surface area contributed by atoms with Crippen molar-refractivity contribution in [3.63, 3.8) is 0 Å². The standard InChI is InChI=1S/C18H29N3O4/c1-3-25-15(22)8-11-20(14-4-5-14)12-21-16(23)18(19-17(21)24)9-6-13(2)7-10-18/h13-14H,3-12H2,1-2H3,(H,19,24). The van der Waals surface area contributed by atoms with E-state index in [0.29, 0.717) is 25.1 Å². The molecule has 0 aromatic carbocycles. The first-order valence-electron chi connectivity index (χ1n) is 9.49. The number of nitrogens with zero attached hydrogens (tertiary/aromatic N) is 2. The molecule has 3 rings (SSSR count). The molecule has 7 heteroatoms. The highest BCUT2D eigenvalue weighted by atomic mass is 16.5. The van der Waals surface area contributed by atoms with Gasteiger partial charge in [0.1, 0.15) is 5.54 Å². The molecule has 0 aromatic rings. The number of hydrogen-bond donors (Lipinski definition) is 1. The highest BCUT2D eigenvalue weighted by Crippen LogP contribution is 2.37. The summed E-state index contributed by atoms with van der Waals surface area (Å²) in [5.41, 5.74) is -0.694. The van der Waals surface area contributed by atoms with E-state index in [4.69, 9.17) is 4.74 Å². The molecule has 0 atom stereocenters. The van der Waals surface area contributed by atoms with Crippen LogP contribution in [-0.2, 0) is 14.3 Å². The second-order valence-corrected chi connectivity index (χ2v) is 7.67. The molecule has 25 heavy (non-hydrogen) atoms. The Bertz CT molecular complexity index is 538. The largest absolute Gasteiger partial charge is 0.466 e. The van der Waals surface area contributed by atoms with Crippen molar-refractivity contribution in [2.24, 2.45) is 5.92 Å². The molecule has 2 aliphatic carbocycles. The molecule has 1 heterocycles. The van der Waals surface area contributed by atoms with Crippen molar-refractivity contribution in [3.05, 3.63) is 0 Å². The second-order valence-electron chi connectivity index (χ2n) is 7.67. The lowest BCUT2D eigenvalue weighted by atomic mass is 9.77. The number of imide groups is 1. The van der Waals surface area contributed by atoms with Crippen LogP contribution in [0.15, 0.2) is 0 Å². The fourth-order valence-electron chi connectivity index (χ4n) is 3.86. The van der Waals surface area contributed by atoms with Gasteiger partial charge in [0.15, 0.2) is 0 Å². The molecule has 3 fully saturated rings. The molecule has 3 aliphatic rings. The number of amides is 3. The Labute approximate surface area is 149 Å². The van der Waals surface area contributed by atoms with E-state index < -0.39 is 5.54 Å². The van der Waals surface area contributed by atoms with Crippen molar-refractivity contribution in [3.8, 4) is 0 Å². The van der Waals surface area contributed by atoms with Crippen molar-refractivity contribution < 1.29 is 19.1 Å². The van der Waals surface area contributed by atoms with Crippen LogP contribution in [0.1, 0.15) is 58.8 Å². The van der Waals surface area contributed by atoms with Crippen LogP contribution in [0.5, 0.6) is 0 Å². The Balaban J connectivity index is 1.61. The van der Waals surface area contributed by atoms with Crippen molar-refractivity contribution in [1.82, 2.24) is 15.1 Å². The smallest absolute Gasteiger partial charge is 0.326 e. The van der Waals surface area contributed by atoms with Crippen LogP contribution in [0.2, 0.25) is 0 Å². The van der Waals surface area contributed by atoms with Gasteiger partial charge in [-0.1, -0.05) is 6.92 Å². The van der Waals surface area contributed by atoms with Crippen LogP contribution in [0.4, 0.5) is 4.79 Å². The van der Waals surface area contributed by atoms with Gasteiger partial charge in [-0.25, -0.2) is 9.69 Å². The zero-order valence-corrected chi connectivity index (χ0v) is 15.3. The van der Waals surface area contributed by atoms with Crippen molar-refractivity contribution in [1.29, 1.82) is 0 Å². The van der Waals surface area contributed by atoms with E-state index in [2.05, 4.69) is 17.1 Å². The molecule has 140 valence electrons. The van der Waals surface area contributed by atoms with Crippen molar-refractivity contribution in [2.75, 3.05) is 19.8 Å². The average molecular weight is 351 g/mol. The van der Waals surface area contributed by atoms with Crippen molar-refractivity contribution >= 4 is 17.9 Å². The van der Waals surface area contributed by atoms with Crippen LogP contribution in [-0.4, -0.2) is 59.1 Å². The first-order chi connectivity index (χ1) is 11.9. The average Bonchev–Trinajstić information content (AvgIpc) is 3.38. The van der Waals surface area contributed by atoms with Gasteiger partial charge in [0.25, 0.3) is 5.91 Å². The SMILES string of the molecule is CCOC(=O)CCN(CN1C(=O)NC2(CCC(C)CC2)C1=O)C1CC1. The maximum absolute atomic E-state index is 12.9. The Kier molecular flexibility index (Phi) is 5.32. The van der Waals surface area contributed by atoms with Crippen LogP contribution in [0, 0.1) is 5.92 Å². The Morgan fingerprint density at radius 1 is 1.28 bits per heavy atom. The first-order valence-corrected chi connectivity index (χ1v) is 9.49. The van der Waals surface area contributed by atoms with E-state index in [9.17, 15) is 14.4 Å². The summed E-state index contributed by atoms with van der Waals surface area (Å²) in [5.74, 6) is 0.284. The summed E-state index contributed by atoms with van der Waals surface area (Å²) in [7, 11) is 0. The molecule has 0 aromatic heterocycles. The van der Waals surface area contributed by atoms with E-state index >= 15 is 0 Å². The fourth-order valence-corrected chi connectivity index (χ4v) is 3.86. The number of carbonyl (C=O) groups excluding carboxylic acids is 3. The second kappa shape index (κ2) is 7.32. The molecule has 2 saturated carbocycles. The molecule has 1 saturated heterocycles. The predicted molar refractivity (Wildman–Crippen MR) is 91.6 cm³/mol. The van der Waals surface area contributed by atoms with Gasteiger partial charge in [-0.2, -0.15) is 0 Å². The Hall–Kier alpha value is -1.63. The van der Waals surface area contributed by atoms with Gasteiger partial charge in [-0.05, 0) is 51.4 Å². The number of hydrogen-bond acceptors (Lipinski definition) is 5.